The minimum Gasteiger partial charge on any atom is -0.245 e. The van der Waals surface area contributed by atoms with Gasteiger partial charge < -0.3 is 0 Å². The molecule has 0 radical (unpaired) electrons. The lowest BCUT2D eigenvalue weighted by atomic mass is 9.30. The maximum Gasteiger partial charge on any atom is 0.383 e. The number of aromatic nitrogens is 2. The molecule has 1 heterocycles. The van der Waals surface area contributed by atoms with Crippen LogP contribution >= 0.6 is 0 Å². The average molecular weight is 240 g/mol. The van der Waals surface area contributed by atoms with Gasteiger partial charge in [0.05, 0.1) is 13.2 Å². The van der Waals surface area contributed by atoms with Gasteiger partial charge in [0.1, 0.15) is 0 Å². The molecule has 0 aliphatic rings. The Kier molecular flexibility index (Phi) is 6.35. The largest absolute Gasteiger partial charge is 0.383 e. The molecule has 0 unspecified atom stereocenters. The predicted molar refractivity (Wildman–Crippen MR) is 64.1 cm³/mol. The standard InChI is InChI=1S/C7H13N2.C4BN4/c1-3-5-9-7-4-6-8(9)2;6-1-5(2-7,3-8)4-9/h4,6-7H,3,5H2,1-2H3;/q+1;-1. The zero-order valence-corrected chi connectivity index (χ0v) is 10.4. The molecular weight excluding hydrogens is 227 g/mol. The van der Waals surface area contributed by atoms with Crippen molar-refractivity contribution in [3.63, 3.8) is 0 Å². The highest BCUT2D eigenvalue weighted by atomic mass is 15.4. The van der Waals surface area contributed by atoms with E-state index in [-0.39, 0.29) is 0 Å². The van der Waals surface area contributed by atoms with Crippen molar-refractivity contribution in [3.05, 3.63) is 18.5 Å². The first-order chi connectivity index (χ1) is 8.59. The van der Waals surface area contributed by atoms with Gasteiger partial charge in [-0.1, -0.05) is 6.92 Å². The summed E-state index contributed by atoms with van der Waals surface area (Å²) >= 11 is 0. The fourth-order valence-electron chi connectivity index (χ4n) is 1.09. The van der Waals surface area contributed by atoms with E-state index < -0.39 is 6.15 Å². The molecule has 0 saturated carbocycles. The topological polar surface area (TPSA) is 104 Å². The van der Waals surface area contributed by atoms with Gasteiger partial charge in [-0.05, 0) is 0 Å². The van der Waals surface area contributed by atoms with E-state index in [1.165, 1.54) is 30.3 Å². The number of rotatable bonds is 2. The van der Waals surface area contributed by atoms with Gasteiger partial charge in [0.25, 0.3) is 0 Å². The lowest BCUT2D eigenvalue weighted by Crippen LogP contribution is -2.40. The van der Waals surface area contributed by atoms with E-state index in [0.29, 0.717) is 0 Å². The Balaban J connectivity index is 0.000000321. The molecule has 0 spiro atoms. The van der Waals surface area contributed by atoms with E-state index >= 15 is 0 Å². The molecule has 0 saturated heterocycles. The summed E-state index contributed by atoms with van der Waals surface area (Å²) in [6.45, 7) is 3.30. The molecule has 7 heteroatoms. The summed E-state index contributed by atoms with van der Waals surface area (Å²) in [6, 6.07) is 2.05. The monoisotopic (exact) mass is 240 g/mol. The molecule has 1 aromatic rings. The van der Waals surface area contributed by atoms with Gasteiger partial charge in [-0.2, -0.15) is 4.68 Å². The van der Waals surface area contributed by atoms with Crippen LogP contribution in [0, 0.1) is 44.9 Å². The van der Waals surface area contributed by atoms with Crippen molar-refractivity contribution in [1.82, 2.24) is 4.68 Å². The number of aryl methyl sites for hydroxylation is 2. The molecule has 0 aliphatic heterocycles. The molecule has 0 N–H and O–H groups in total. The third kappa shape index (κ3) is 4.01. The van der Waals surface area contributed by atoms with E-state index in [0.717, 1.165) is 6.54 Å². The van der Waals surface area contributed by atoms with E-state index in [4.69, 9.17) is 21.0 Å². The van der Waals surface area contributed by atoms with Gasteiger partial charge in [0, 0.05) is 12.5 Å². The Morgan fingerprint density at radius 3 is 1.83 bits per heavy atom. The smallest absolute Gasteiger partial charge is 0.245 e. The Bertz CT molecular complexity index is 486. The number of nitrogens with zero attached hydrogens (tertiary/aromatic N) is 6. The molecule has 0 aliphatic carbocycles. The quantitative estimate of drug-likeness (QED) is 0.551. The molecule has 0 atom stereocenters. The molecule has 0 aromatic carbocycles. The minimum atomic E-state index is -2.72. The summed E-state index contributed by atoms with van der Waals surface area (Å²) in [6.07, 6.45) is 2.61. The van der Waals surface area contributed by atoms with Crippen LogP contribution in [-0.4, -0.2) is 10.8 Å². The summed E-state index contributed by atoms with van der Waals surface area (Å²) in [5, 5.41) is 32.3. The Morgan fingerprint density at radius 2 is 1.61 bits per heavy atom. The highest BCUT2D eigenvalue weighted by Gasteiger charge is 2.22. The van der Waals surface area contributed by atoms with E-state index in [9.17, 15) is 0 Å². The second kappa shape index (κ2) is 7.50. The summed E-state index contributed by atoms with van der Waals surface area (Å²) in [7, 11) is 2.05. The Morgan fingerprint density at radius 1 is 1.11 bits per heavy atom. The average Bonchev–Trinajstić information content (AvgIpc) is 2.80. The van der Waals surface area contributed by atoms with Gasteiger partial charge in [0.2, 0.25) is 0 Å². The van der Waals surface area contributed by atoms with Crippen molar-refractivity contribution >= 4 is 6.15 Å². The van der Waals surface area contributed by atoms with Gasteiger partial charge in [0.15, 0.2) is 12.7 Å². The molecule has 1 rings (SSSR count). The summed E-state index contributed by atoms with van der Waals surface area (Å²) in [4.78, 5) is 0. The van der Waals surface area contributed by atoms with Crippen molar-refractivity contribution in [3.8, 4) is 23.9 Å². The molecule has 0 bridgehead atoms. The Hall–Kier alpha value is -2.77. The molecule has 0 amide bonds. The first-order valence-electron chi connectivity index (χ1n) is 5.40. The summed E-state index contributed by atoms with van der Waals surface area (Å²) in [5.41, 5.74) is 0. The van der Waals surface area contributed by atoms with E-state index in [1.54, 1.807) is 0 Å². The lowest BCUT2D eigenvalue weighted by Gasteiger charge is -1.98. The maximum atomic E-state index is 8.09. The SMILES string of the molecule is CCC[n+]1cccn1C.N#C[B-](C#N)(C#N)C#N. The molecular formula is C11H13BN6. The fraction of sp³-hybridized carbons (Fsp3) is 0.364. The second-order valence-corrected chi connectivity index (χ2v) is 3.61. The number of hydrogen-bond donors (Lipinski definition) is 0. The van der Waals surface area contributed by atoms with Gasteiger partial charge in [-0.15, -0.1) is 28.6 Å². The minimum absolute atomic E-state index is 1.11. The fourth-order valence-corrected chi connectivity index (χ4v) is 1.09. The zero-order chi connectivity index (χ0) is 14.0. The van der Waals surface area contributed by atoms with Crippen molar-refractivity contribution in [2.75, 3.05) is 0 Å². The lowest BCUT2D eigenvalue weighted by molar-refractivity contribution is -0.773. The van der Waals surface area contributed by atoms with Crippen LogP contribution in [0.5, 0.6) is 0 Å². The summed E-state index contributed by atoms with van der Waals surface area (Å²) < 4.78 is 4.27. The third-order valence-electron chi connectivity index (χ3n) is 2.19. The van der Waals surface area contributed by atoms with Crippen LogP contribution < -0.4 is 4.68 Å². The third-order valence-corrected chi connectivity index (χ3v) is 2.19. The highest BCUT2D eigenvalue weighted by molar-refractivity contribution is 7.05. The highest BCUT2D eigenvalue weighted by Crippen LogP contribution is 1.92. The zero-order valence-electron chi connectivity index (χ0n) is 10.4. The Labute approximate surface area is 106 Å². The van der Waals surface area contributed by atoms with Crippen LogP contribution in [0.1, 0.15) is 13.3 Å². The molecule has 6 nitrogen and oxygen atoms in total. The van der Waals surface area contributed by atoms with Gasteiger partial charge in [-0.25, -0.2) is 21.0 Å². The molecule has 90 valence electrons. The number of nitriles is 4. The van der Waals surface area contributed by atoms with Crippen LogP contribution in [0.25, 0.3) is 0 Å². The van der Waals surface area contributed by atoms with Crippen LogP contribution in [-0.2, 0) is 13.6 Å². The molecule has 1 aromatic heterocycles. The van der Waals surface area contributed by atoms with E-state index in [1.807, 2.05) is 0 Å². The number of hydrogen-bond acceptors (Lipinski definition) is 4. The normalized spacial score (nSPS) is 8.78. The predicted octanol–water partition coefficient (Wildman–Crippen LogP) is 0.409. The molecule has 18 heavy (non-hydrogen) atoms. The van der Waals surface area contributed by atoms with E-state index in [2.05, 4.69) is 41.8 Å². The van der Waals surface area contributed by atoms with Crippen LogP contribution in [0.3, 0.4) is 0 Å². The van der Waals surface area contributed by atoms with Gasteiger partial charge >= 0.3 is 6.15 Å². The maximum absolute atomic E-state index is 8.09. The molecule has 0 fully saturated rings. The van der Waals surface area contributed by atoms with Crippen LogP contribution in [0.2, 0.25) is 0 Å². The second-order valence-electron chi connectivity index (χ2n) is 3.61. The van der Waals surface area contributed by atoms with Crippen molar-refractivity contribution < 1.29 is 4.68 Å². The van der Waals surface area contributed by atoms with Crippen molar-refractivity contribution in [2.45, 2.75) is 19.9 Å². The summed E-state index contributed by atoms with van der Waals surface area (Å²) in [5.74, 6) is 5.38. The van der Waals surface area contributed by atoms with Gasteiger partial charge in [-0.3, -0.25) is 0 Å². The van der Waals surface area contributed by atoms with Crippen LogP contribution in [0.4, 0.5) is 0 Å². The first-order valence-corrected chi connectivity index (χ1v) is 5.40. The van der Waals surface area contributed by atoms with Crippen molar-refractivity contribution in [2.24, 2.45) is 7.05 Å². The first kappa shape index (κ1) is 15.2. The van der Waals surface area contributed by atoms with Crippen molar-refractivity contribution in [1.29, 1.82) is 21.0 Å². The van der Waals surface area contributed by atoms with Crippen LogP contribution in [0.15, 0.2) is 18.5 Å².